The predicted molar refractivity (Wildman–Crippen MR) is 62.1 cm³/mol. The van der Waals surface area contributed by atoms with E-state index >= 15 is 0 Å². The molecule has 0 heterocycles. The minimum absolute atomic E-state index is 0.0408. The van der Waals surface area contributed by atoms with Crippen molar-refractivity contribution in [2.24, 2.45) is 0 Å². The molecule has 3 nitrogen and oxygen atoms in total. The maximum Gasteiger partial charge on any atom is 0.306 e. The molecule has 16 heavy (non-hydrogen) atoms. The lowest BCUT2D eigenvalue weighted by Crippen LogP contribution is -2.05. The normalized spacial score (nSPS) is 10.2. The van der Waals surface area contributed by atoms with E-state index in [-0.39, 0.29) is 12.6 Å². The van der Waals surface area contributed by atoms with Gasteiger partial charge in [-0.3, -0.25) is 4.79 Å². The fourth-order valence-electron chi connectivity index (χ4n) is 1.53. The van der Waals surface area contributed by atoms with Gasteiger partial charge in [0.15, 0.2) is 0 Å². The van der Waals surface area contributed by atoms with Crippen LogP contribution in [0.3, 0.4) is 0 Å². The molecule has 0 spiro atoms. The molecule has 1 aromatic carbocycles. The largest absolute Gasteiger partial charge is 0.466 e. The molecule has 1 rings (SSSR count). The first-order chi connectivity index (χ1) is 7.67. The van der Waals surface area contributed by atoms with E-state index in [4.69, 9.17) is 9.84 Å². The minimum Gasteiger partial charge on any atom is -0.466 e. The second-order valence-corrected chi connectivity index (χ2v) is 3.72. The van der Waals surface area contributed by atoms with E-state index in [0.29, 0.717) is 19.4 Å². The molecule has 0 aliphatic rings. The fraction of sp³-hybridized carbons (Fsp3) is 0.462. The smallest absolute Gasteiger partial charge is 0.306 e. The quantitative estimate of drug-likeness (QED) is 0.775. The third kappa shape index (κ3) is 3.66. The van der Waals surface area contributed by atoms with E-state index in [1.807, 2.05) is 25.1 Å². The molecule has 0 unspecified atom stereocenters. The molecule has 3 heteroatoms. The van der Waals surface area contributed by atoms with Crippen molar-refractivity contribution in [3.8, 4) is 0 Å². The van der Waals surface area contributed by atoms with Crippen LogP contribution in [-0.2, 0) is 22.6 Å². The molecular weight excluding hydrogens is 204 g/mol. The molecule has 0 saturated carbocycles. The summed E-state index contributed by atoms with van der Waals surface area (Å²) in [6.07, 6.45) is 1.05. The lowest BCUT2D eigenvalue weighted by atomic mass is 10.0. The summed E-state index contributed by atoms with van der Waals surface area (Å²) in [5, 5.41) is 9.11. The third-order valence-corrected chi connectivity index (χ3v) is 2.51. The summed E-state index contributed by atoms with van der Waals surface area (Å²) in [5.41, 5.74) is 3.05. The predicted octanol–water partition coefficient (Wildman–Crippen LogP) is 1.98. The van der Waals surface area contributed by atoms with Crippen molar-refractivity contribution in [3.63, 3.8) is 0 Å². The van der Waals surface area contributed by atoms with Crippen LogP contribution in [0.25, 0.3) is 0 Å². The third-order valence-electron chi connectivity index (χ3n) is 2.51. The van der Waals surface area contributed by atoms with Crippen LogP contribution < -0.4 is 0 Å². The van der Waals surface area contributed by atoms with Gasteiger partial charge >= 0.3 is 5.97 Å². The van der Waals surface area contributed by atoms with Gasteiger partial charge in [0.25, 0.3) is 0 Å². The number of esters is 1. The Morgan fingerprint density at radius 2 is 2.19 bits per heavy atom. The molecule has 0 aliphatic heterocycles. The van der Waals surface area contributed by atoms with Gasteiger partial charge in [-0.2, -0.15) is 0 Å². The van der Waals surface area contributed by atoms with Gasteiger partial charge in [0, 0.05) is 6.42 Å². The molecule has 0 radical (unpaired) electrons. The summed E-state index contributed by atoms with van der Waals surface area (Å²) in [6, 6.07) is 5.88. The number of carbonyl (C=O) groups is 1. The first-order valence-corrected chi connectivity index (χ1v) is 5.52. The Balaban J connectivity index is 2.57. The number of aliphatic hydroxyl groups excluding tert-OH is 1. The van der Waals surface area contributed by atoms with Crippen LogP contribution in [0, 0.1) is 6.92 Å². The summed E-state index contributed by atoms with van der Waals surface area (Å²) in [7, 11) is 0. The Morgan fingerprint density at radius 3 is 2.81 bits per heavy atom. The lowest BCUT2D eigenvalue weighted by Gasteiger charge is -2.06. The number of hydrogen-bond donors (Lipinski definition) is 1. The molecule has 0 saturated heterocycles. The molecule has 0 aromatic heterocycles. The van der Waals surface area contributed by atoms with Crippen LogP contribution in [0.4, 0.5) is 0 Å². The number of benzene rings is 1. The summed E-state index contributed by atoms with van der Waals surface area (Å²) in [6.45, 7) is 4.22. The van der Waals surface area contributed by atoms with Crippen molar-refractivity contribution < 1.29 is 14.6 Å². The summed E-state index contributed by atoms with van der Waals surface area (Å²) >= 11 is 0. The zero-order valence-electron chi connectivity index (χ0n) is 9.82. The van der Waals surface area contributed by atoms with Gasteiger partial charge < -0.3 is 9.84 Å². The van der Waals surface area contributed by atoms with Crippen LogP contribution >= 0.6 is 0 Å². The molecule has 1 N–H and O–H groups in total. The first-order valence-electron chi connectivity index (χ1n) is 5.52. The molecule has 0 bridgehead atoms. The number of rotatable bonds is 5. The van der Waals surface area contributed by atoms with Crippen LogP contribution in [0.15, 0.2) is 18.2 Å². The topological polar surface area (TPSA) is 46.5 Å². The second-order valence-electron chi connectivity index (χ2n) is 3.72. The van der Waals surface area contributed by atoms with E-state index in [0.717, 1.165) is 16.7 Å². The Bertz CT molecular complexity index is 358. The Morgan fingerprint density at radius 1 is 1.44 bits per heavy atom. The van der Waals surface area contributed by atoms with Crippen molar-refractivity contribution in [2.45, 2.75) is 33.3 Å². The average Bonchev–Trinajstić information content (AvgIpc) is 2.28. The standard InChI is InChI=1S/C13H18O3/c1-3-16-13(15)7-6-11-5-4-10(2)12(8-11)9-14/h4-5,8,14H,3,6-7,9H2,1-2H3. The Hall–Kier alpha value is -1.35. The lowest BCUT2D eigenvalue weighted by molar-refractivity contribution is -0.143. The van der Waals surface area contributed by atoms with Crippen LogP contribution in [0.5, 0.6) is 0 Å². The van der Waals surface area contributed by atoms with E-state index in [9.17, 15) is 4.79 Å². The van der Waals surface area contributed by atoms with Crippen LogP contribution in [0.1, 0.15) is 30.0 Å². The van der Waals surface area contributed by atoms with E-state index in [2.05, 4.69) is 0 Å². The van der Waals surface area contributed by atoms with Crippen molar-refractivity contribution in [3.05, 3.63) is 34.9 Å². The van der Waals surface area contributed by atoms with E-state index in [1.165, 1.54) is 0 Å². The van der Waals surface area contributed by atoms with Gasteiger partial charge in [-0.25, -0.2) is 0 Å². The number of carbonyl (C=O) groups excluding carboxylic acids is 1. The van der Waals surface area contributed by atoms with E-state index < -0.39 is 0 Å². The van der Waals surface area contributed by atoms with Crippen LogP contribution in [-0.4, -0.2) is 17.7 Å². The van der Waals surface area contributed by atoms with Gasteiger partial charge in [-0.05, 0) is 37.0 Å². The number of ether oxygens (including phenoxy) is 1. The number of aliphatic hydroxyl groups is 1. The molecule has 88 valence electrons. The maximum absolute atomic E-state index is 11.2. The fourth-order valence-corrected chi connectivity index (χ4v) is 1.53. The van der Waals surface area contributed by atoms with Gasteiger partial charge in [-0.15, -0.1) is 0 Å². The highest BCUT2D eigenvalue weighted by Gasteiger charge is 2.04. The number of aryl methyl sites for hydroxylation is 2. The SMILES string of the molecule is CCOC(=O)CCc1ccc(C)c(CO)c1. The van der Waals surface area contributed by atoms with Gasteiger partial charge in [0.05, 0.1) is 13.2 Å². The van der Waals surface area contributed by atoms with Crippen molar-refractivity contribution in [1.29, 1.82) is 0 Å². The number of hydrogen-bond acceptors (Lipinski definition) is 3. The van der Waals surface area contributed by atoms with Crippen molar-refractivity contribution >= 4 is 5.97 Å². The summed E-state index contributed by atoms with van der Waals surface area (Å²) in [5.74, 6) is -0.173. The molecule has 1 aromatic rings. The Labute approximate surface area is 96.1 Å². The highest BCUT2D eigenvalue weighted by atomic mass is 16.5. The zero-order valence-corrected chi connectivity index (χ0v) is 9.82. The second kappa shape index (κ2) is 6.28. The van der Waals surface area contributed by atoms with E-state index in [1.54, 1.807) is 6.92 Å². The summed E-state index contributed by atoms with van der Waals surface area (Å²) < 4.78 is 4.86. The zero-order chi connectivity index (χ0) is 12.0. The van der Waals surface area contributed by atoms with Gasteiger partial charge in [0.2, 0.25) is 0 Å². The minimum atomic E-state index is -0.173. The molecule has 0 fully saturated rings. The average molecular weight is 222 g/mol. The van der Waals surface area contributed by atoms with Crippen LogP contribution in [0.2, 0.25) is 0 Å². The summed E-state index contributed by atoms with van der Waals surface area (Å²) in [4.78, 5) is 11.2. The van der Waals surface area contributed by atoms with Crippen molar-refractivity contribution in [1.82, 2.24) is 0 Å². The molecule has 0 atom stereocenters. The molecular formula is C13H18O3. The van der Waals surface area contributed by atoms with Crippen molar-refractivity contribution in [2.75, 3.05) is 6.61 Å². The van der Waals surface area contributed by atoms with Gasteiger partial charge in [0.1, 0.15) is 0 Å². The Kier molecular flexibility index (Phi) is 4.99. The highest BCUT2D eigenvalue weighted by molar-refractivity contribution is 5.69. The van der Waals surface area contributed by atoms with Gasteiger partial charge in [-0.1, -0.05) is 18.2 Å². The maximum atomic E-state index is 11.2. The monoisotopic (exact) mass is 222 g/mol. The first kappa shape index (κ1) is 12.7. The highest BCUT2D eigenvalue weighted by Crippen LogP contribution is 2.12. The molecule has 0 aliphatic carbocycles. The molecule has 0 amide bonds.